The number of rotatable bonds is 2. The molecule has 2 heterocycles. The van der Waals surface area contributed by atoms with Crippen molar-refractivity contribution in [3.8, 4) is 0 Å². The van der Waals surface area contributed by atoms with Crippen molar-refractivity contribution < 1.29 is 14.0 Å². The van der Waals surface area contributed by atoms with Crippen LogP contribution in [0.15, 0.2) is 53.0 Å². The van der Waals surface area contributed by atoms with Gasteiger partial charge in [-0.1, -0.05) is 18.2 Å². The molecule has 122 valence electrons. The van der Waals surface area contributed by atoms with E-state index in [-0.39, 0.29) is 35.8 Å². The molecule has 2 unspecified atom stereocenters. The number of Topliss-reactive ketones (excluding diaryl/α,β-unsaturated/α-hetero) is 1. The van der Waals surface area contributed by atoms with Crippen molar-refractivity contribution in [3.63, 3.8) is 0 Å². The summed E-state index contributed by atoms with van der Waals surface area (Å²) in [7, 11) is 0. The van der Waals surface area contributed by atoms with Crippen molar-refractivity contribution in [2.75, 3.05) is 0 Å². The maximum Gasteiger partial charge on any atom is 0.225 e. The highest BCUT2D eigenvalue weighted by atomic mass is 32.1. The first-order chi connectivity index (χ1) is 11.6. The molecule has 0 fully saturated rings. The van der Waals surface area contributed by atoms with Crippen LogP contribution in [0.3, 0.4) is 0 Å². The Balaban J connectivity index is 1.74. The van der Waals surface area contributed by atoms with Gasteiger partial charge in [0.2, 0.25) is 5.91 Å². The zero-order valence-electron chi connectivity index (χ0n) is 12.9. The third-order valence-corrected chi connectivity index (χ3v) is 5.77. The van der Waals surface area contributed by atoms with E-state index in [4.69, 9.17) is 0 Å². The molecule has 0 bridgehead atoms. The maximum atomic E-state index is 13.6. The highest BCUT2D eigenvalue weighted by molar-refractivity contribution is 7.10. The van der Waals surface area contributed by atoms with Crippen molar-refractivity contribution >= 4 is 23.0 Å². The summed E-state index contributed by atoms with van der Waals surface area (Å²) in [6, 6.07) is 10.2. The van der Waals surface area contributed by atoms with E-state index in [0.29, 0.717) is 24.0 Å². The topological polar surface area (TPSA) is 46.2 Å². The predicted molar refractivity (Wildman–Crippen MR) is 90.2 cm³/mol. The van der Waals surface area contributed by atoms with E-state index in [1.807, 2.05) is 17.5 Å². The Kier molecular flexibility index (Phi) is 3.81. The number of nitrogens with one attached hydrogen (secondary N) is 1. The number of benzene rings is 1. The van der Waals surface area contributed by atoms with E-state index in [1.165, 1.54) is 12.1 Å². The first-order valence-corrected chi connectivity index (χ1v) is 8.84. The smallest absolute Gasteiger partial charge is 0.225 e. The van der Waals surface area contributed by atoms with Gasteiger partial charge in [-0.25, -0.2) is 4.39 Å². The van der Waals surface area contributed by atoms with Crippen LogP contribution >= 0.6 is 11.3 Å². The molecule has 2 aliphatic rings. The normalized spacial score (nSPS) is 23.9. The number of carbonyl (C=O) groups is 2. The fourth-order valence-electron chi connectivity index (χ4n) is 3.69. The van der Waals surface area contributed by atoms with Crippen LogP contribution in [-0.2, 0) is 9.59 Å². The standard InChI is InChI=1S/C19H16FNO2S/c20-13-4-1-3-11(7-13)14-10-18(23)21-15-8-12(9-16(22)19(14)15)17-5-2-6-24-17/h1-7,12,14H,8-10H2,(H,21,23). The minimum absolute atomic E-state index is 0.0592. The molecule has 1 aromatic carbocycles. The van der Waals surface area contributed by atoms with Gasteiger partial charge in [0.05, 0.1) is 0 Å². The van der Waals surface area contributed by atoms with E-state index in [9.17, 15) is 14.0 Å². The SMILES string of the molecule is O=C1CC(c2cccc(F)c2)C2=C(CC(c3cccs3)CC2=O)N1. The number of amides is 1. The zero-order valence-corrected chi connectivity index (χ0v) is 13.7. The van der Waals surface area contributed by atoms with Crippen LogP contribution in [0, 0.1) is 5.82 Å². The third-order valence-electron chi connectivity index (χ3n) is 4.73. The second-order valence-electron chi connectivity index (χ2n) is 6.30. The van der Waals surface area contributed by atoms with Crippen molar-refractivity contribution in [1.82, 2.24) is 5.32 Å². The second kappa shape index (κ2) is 5.98. The Bertz CT molecular complexity index is 841. The van der Waals surface area contributed by atoms with Crippen molar-refractivity contribution in [3.05, 3.63) is 69.3 Å². The van der Waals surface area contributed by atoms with Gasteiger partial charge in [0.1, 0.15) is 5.82 Å². The highest BCUT2D eigenvalue weighted by Crippen LogP contribution is 2.43. The van der Waals surface area contributed by atoms with Crippen LogP contribution in [-0.4, -0.2) is 11.7 Å². The summed E-state index contributed by atoms with van der Waals surface area (Å²) in [5.41, 5.74) is 2.07. The second-order valence-corrected chi connectivity index (χ2v) is 7.28. The Labute approximate surface area is 143 Å². The van der Waals surface area contributed by atoms with Gasteiger partial charge in [0, 0.05) is 40.8 Å². The molecule has 0 saturated heterocycles. The van der Waals surface area contributed by atoms with Crippen LogP contribution < -0.4 is 5.32 Å². The van der Waals surface area contributed by atoms with E-state index in [0.717, 1.165) is 10.6 Å². The summed E-state index contributed by atoms with van der Waals surface area (Å²) in [4.78, 5) is 26.1. The molecule has 5 heteroatoms. The van der Waals surface area contributed by atoms with Gasteiger partial charge in [0.25, 0.3) is 0 Å². The van der Waals surface area contributed by atoms with Gasteiger partial charge in [-0.2, -0.15) is 0 Å². The fraction of sp³-hybridized carbons (Fsp3) is 0.263. The molecule has 2 atom stereocenters. The average molecular weight is 341 g/mol. The third kappa shape index (κ3) is 2.69. The van der Waals surface area contributed by atoms with Crippen molar-refractivity contribution in [1.29, 1.82) is 0 Å². The van der Waals surface area contributed by atoms with Gasteiger partial charge in [-0.05, 0) is 35.6 Å². The van der Waals surface area contributed by atoms with Crippen LogP contribution in [0.2, 0.25) is 0 Å². The van der Waals surface area contributed by atoms with Crippen LogP contribution in [0.5, 0.6) is 0 Å². The lowest BCUT2D eigenvalue weighted by molar-refractivity contribution is -0.122. The number of halogens is 1. The highest BCUT2D eigenvalue weighted by Gasteiger charge is 2.38. The van der Waals surface area contributed by atoms with Crippen LogP contribution in [0.4, 0.5) is 4.39 Å². The quantitative estimate of drug-likeness (QED) is 0.901. The summed E-state index contributed by atoms with van der Waals surface area (Å²) < 4.78 is 13.6. The molecule has 1 amide bonds. The lowest BCUT2D eigenvalue weighted by atomic mass is 9.75. The first-order valence-electron chi connectivity index (χ1n) is 7.97. The summed E-state index contributed by atoms with van der Waals surface area (Å²) in [5.74, 6) is -0.629. The number of allylic oxidation sites excluding steroid dienone is 2. The largest absolute Gasteiger partial charge is 0.329 e. The zero-order chi connectivity index (χ0) is 16.7. The molecule has 3 nitrogen and oxygen atoms in total. The van der Waals surface area contributed by atoms with E-state index < -0.39 is 0 Å². The molecule has 4 rings (SSSR count). The number of hydrogen-bond donors (Lipinski definition) is 1. The summed E-state index contributed by atoms with van der Waals surface area (Å²) in [5, 5.41) is 4.88. The predicted octanol–water partition coefficient (Wildman–Crippen LogP) is 3.89. The Morgan fingerprint density at radius 1 is 1.08 bits per heavy atom. The number of ketones is 1. The average Bonchev–Trinajstić information content (AvgIpc) is 3.08. The molecule has 24 heavy (non-hydrogen) atoms. The van der Waals surface area contributed by atoms with Gasteiger partial charge < -0.3 is 5.32 Å². The molecular formula is C19H16FNO2S. The minimum Gasteiger partial charge on any atom is -0.329 e. The summed E-state index contributed by atoms with van der Waals surface area (Å²) >= 11 is 1.63. The lowest BCUT2D eigenvalue weighted by Crippen LogP contribution is -2.38. The van der Waals surface area contributed by atoms with Gasteiger partial charge in [-0.3, -0.25) is 9.59 Å². The van der Waals surface area contributed by atoms with Crippen molar-refractivity contribution in [2.45, 2.75) is 31.1 Å². The van der Waals surface area contributed by atoms with Gasteiger partial charge in [-0.15, -0.1) is 11.3 Å². The molecule has 0 radical (unpaired) electrons. The Morgan fingerprint density at radius 2 is 1.96 bits per heavy atom. The van der Waals surface area contributed by atoms with Crippen LogP contribution in [0.25, 0.3) is 0 Å². The van der Waals surface area contributed by atoms with Gasteiger partial charge >= 0.3 is 0 Å². The molecule has 1 N–H and O–H groups in total. The Hall–Kier alpha value is -2.27. The number of carbonyl (C=O) groups excluding carboxylic acids is 2. The molecule has 1 aromatic heterocycles. The molecule has 0 spiro atoms. The van der Waals surface area contributed by atoms with E-state index in [2.05, 4.69) is 5.32 Å². The first kappa shape index (κ1) is 15.3. The summed E-state index contributed by atoms with van der Waals surface area (Å²) in [6.07, 6.45) is 1.29. The summed E-state index contributed by atoms with van der Waals surface area (Å²) in [6.45, 7) is 0. The molecule has 2 aromatic rings. The molecule has 1 aliphatic heterocycles. The maximum absolute atomic E-state index is 13.6. The minimum atomic E-state index is -0.347. The van der Waals surface area contributed by atoms with Crippen molar-refractivity contribution in [2.24, 2.45) is 0 Å². The Morgan fingerprint density at radius 3 is 2.71 bits per heavy atom. The molecule has 0 saturated carbocycles. The van der Waals surface area contributed by atoms with Gasteiger partial charge in [0.15, 0.2) is 5.78 Å². The van der Waals surface area contributed by atoms with Crippen LogP contribution in [0.1, 0.15) is 41.5 Å². The molecular weight excluding hydrogens is 325 g/mol. The number of hydrogen-bond acceptors (Lipinski definition) is 3. The van der Waals surface area contributed by atoms with E-state index in [1.54, 1.807) is 23.5 Å². The molecule has 1 aliphatic carbocycles. The lowest BCUT2D eigenvalue weighted by Gasteiger charge is -2.34. The number of thiophene rings is 1. The monoisotopic (exact) mass is 341 g/mol. The fourth-order valence-corrected chi connectivity index (χ4v) is 4.52. The van der Waals surface area contributed by atoms with E-state index >= 15 is 0 Å².